The number of carboxylic acid groups (broad SMARTS) is 1. The van der Waals surface area contributed by atoms with E-state index in [-0.39, 0.29) is 18.8 Å². The van der Waals surface area contributed by atoms with Crippen LogP contribution in [0.5, 0.6) is 0 Å². The van der Waals surface area contributed by atoms with Gasteiger partial charge in [-0.2, -0.15) is 0 Å². The normalized spacial score (nSPS) is 14.4. The second-order valence-corrected chi connectivity index (χ2v) is 6.50. The summed E-state index contributed by atoms with van der Waals surface area (Å²) in [5, 5.41) is 20.5. The number of ether oxygens (including phenoxy) is 1. The van der Waals surface area contributed by atoms with Crippen molar-refractivity contribution < 1.29 is 24.5 Å². The van der Waals surface area contributed by atoms with Crippen LogP contribution >= 0.6 is 0 Å². The lowest BCUT2D eigenvalue weighted by Crippen LogP contribution is -2.29. The highest BCUT2D eigenvalue weighted by molar-refractivity contribution is 6.06. The van der Waals surface area contributed by atoms with Crippen molar-refractivity contribution in [3.63, 3.8) is 0 Å². The van der Waals surface area contributed by atoms with Crippen molar-refractivity contribution in [2.24, 2.45) is 11.6 Å². The molecule has 1 aromatic carbocycles. The Morgan fingerprint density at radius 3 is 2.67 bits per heavy atom. The lowest BCUT2D eigenvalue weighted by atomic mass is 10.1. The van der Waals surface area contributed by atoms with Gasteiger partial charge in [0.15, 0.2) is 0 Å². The topological polar surface area (TPSA) is 144 Å². The third-order valence-electron chi connectivity index (χ3n) is 4.66. The average molecular weight is 374 g/mol. The Balaban J connectivity index is 2.12. The molecule has 1 heterocycles. The molecule has 9 nitrogen and oxygen atoms in total. The van der Waals surface area contributed by atoms with Crippen LogP contribution in [0.2, 0.25) is 0 Å². The SMILES string of the molecule is COC(=O)c1c(CN(N)/C=C(\N)C(=O)O)n(CO)c2cc(C3CC3)ccc12. The Bertz CT molecular complexity index is 929. The van der Waals surface area contributed by atoms with Crippen molar-refractivity contribution in [1.29, 1.82) is 0 Å². The molecule has 0 bridgehead atoms. The Morgan fingerprint density at radius 2 is 2.11 bits per heavy atom. The summed E-state index contributed by atoms with van der Waals surface area (Å²) in [5.41, 5.74) is 7.48. The molecule has 0 unspecified atom stereocenters. The average Bonchev–Trinajstić information content (AvgIpc) is 3.43. The Labute approximate surface area is 155 Å². The van der Waals surface area contributed by atoms with Crippen LogP contribution in [0.15, 0.2) is 30.1 Å². The summed E-state index contributed by atoms with van der Waals surface area (Å²) in [6.45, 7) is -0.421. The second kappa shape index (κ2) is 7.29. The van der Waals surface area contributed by atoms with Crippen molar-refractivity contribution in [2.45, 2.75) is 32.0 Å². The second-order valence-electron chi connectivity index (χ2n) is 6.50. The van der Waals surface area contributed by atoms with Gasteiger partial charge in [-0.05, 0) is 30.4 Å². The van der Waals surface area contributed by atoms with Crippen LogP contribution in [0.1, 0.15) is 40.4 Å². The number of methoxy groups -OCH3 is 1. The van der Waals surface area contributed by atoms with Gasteiger partial charge in [-0.25, -0.2) is 15.4 Å². The number of hydrogen-bond acceptors (Lipinski definition) is 7. The van der Waals surface area contributed by atoms with Crippen LogP contribution in [-0.4, -0.2) is 38.8 Å². The van der Waals surface area contributed by atoms with E-state index >= 15 is 0 Å². The Kier molecular flexibility index (Phi) is 5.06. The zero-order chi connectivity index (χ0) is 19.7. The third kappa shape index (κ3) is 3.60. The van der Waals surface area contributed by atoms with E-state index < -0.39 is 17.6 Å². The van der Waals surface area contributed by atoms with E-state index in [1.807, 2.05) is 18.2 Å². The van der Waals surface area contributed by atoms with E-state index in [2.05, 4.69) is 0 Å². The van der Waals surface area contributed by atoms with E-state index in [4.69, 9.17) is 21.4 Å². The van der Waals surface area contributed by atoms with Crippen LogP contribution < -0.4 is 11.6 Å². The standard InChI is InChI=1S/C18H22N4O5/c1-27-18(26)16-12-5-4-11(10-2-3-10)6-14(12)22(9-23)15(16)8-21(20)7-13(19)17(24)25/h4-7,10,23H,2-3,8-9,19-20H2,1H3,(H,24,25)/b13-7-. The first-order chi connectivity index (χ1) is 12.9. The maximum absolute atomic E-state index is 12.4. The van der Waals surface area contributed by atoms with Crippen molar-refractivity contribution in [3.05, 3.63) is 46.9 Å². The number of nitrogens with two attached hydrogens (primary N) is 2. The minimum absolute atomic E-state index is 0.0492. The molecule has 1 aliphatic carbocycles. The van der Waals surface area contributed by atoms with Crippen LogP contribution in [0, 0.1) is 0 Å². The van der Waals surface area contributed by atoms with E-state index in [1.165, 1.54) is 7.11 Å². The number of aliphatic carboxylic acids is 1. The number of nitrogens with zero attached hydrogens (tertiary/aromatic N) is 2. The van der Waals surface area contributed by atoms with Gasteiger partial charge < -0.3 is 30.3 Å². The molecule has 1 aliphatic rings. The largest absolute Gasteiger partial charge is 0.477 e. The molecule has 3 rings (SSSR count). The number of aromatic nitrogens is 1. The van der Waals surface area contributed by atoms with Gasteiger partial charge >= 0.3 is 11.9 Å². The number of hydrazine groups is 1. The molecular formula is C18H22N4O5. The maximum atomic E-state index is 12.4. The summed E-state index contributed by atoms with van der Waals surface area (Å²) < 4.78 is 6.47. The van der Waals surface area contributed by atoms with E-state index in [1.54, 1.807) is 4.57 Å². The van der Waals surface area contributed by atoms with Gasteiger partial charge in [0.2, 0.25) is 0 Å². The number of fused-ring (bicyclic) bond motifs is 1. The van der Waals surface area contributed by atoms with Crippen LogP contribution in [0.25, 0.3) is 10.9 Å². The van der Waals surface area contributed by atoms with Gasteiger partial charge in [0.1, 0.15) is 12.4 Å². The molecule has 144 valence electrons. The quantitative estimate of drug-likeness (QED) is 0.241. The minimum Gasteiger partial charge on any atom is -0.477 e. The molecule has 0 amide bonds. The van der Waals surface area contributed by atoms with Gasteiger partial charge in [0, 0.05) is 11.6 Å². The summed E-state index contributed by atoms with van der Waals surface area (Å²) in [5.74, 6) is 4.49. The molecule has 9 heteroatoms. The first kappa shape index (κ1) is 18.7. The number of carbonyl (C=O) groups excluding carboxylic acids is 1. The molecule has 0 radical (unpaired) electrons. The van der Waals surface area contributed by atoms with Crippen molar-refractivity contribution >= 4 is 22.8 Å². The zero-order valence-electron chi connectivity index (χ0n) is 14.9. The molecule has 0 saturated heterocycles. The summed E-state index contributed by atoms with van der Waals surface area (Å²) >= 11 is 0. The molecule has 6 N–H and O–H groups in total. The minimum atomic E-state index is -1.31. The molecule has 0 atom stereocenters. The lowest BCUT2D eigenvalue weighted by Gasteiger charge is -2.17. The van der Waals surface area contributed by atoms with Crippen molar-refractivity contribution in [3.8, 4) is 0 Å². The van der Waals surface area contributed by atoms with E-state index in [9.17, 15) is 14.7 Å². The molecule has 1 saturated carbocycles. The van der Waals surface area contributed by atoms with E-state index in [0.717, 1.165) is 29.6 Å². The van der Waals surface area contributed by atoms with E-state index in [0.29, 0.717) is 22.5 Å². The van der Waals surface area contributed by atoms with Gasteiger partial charge in [0.25, 0.3) is 0 Å². The first-order valence-corrected chi connectivity index (χ1v) is 8.43. The van der Waals surface area contributed by atoms with Crippen LogP contribution in [0.4, 0.5) is 0 Å². The van der Waals surface area contributed by atoms with Gasteiger partial charge in [-0.3, -0.25) is 0 Å². The van der Waals surface area contributed by atoms with Gasteiger partial charge in [-0.15, -0.1) is 0 Å². The number of carboxylic acids is 1. The number of benzene rings is 1. The molecule has 0 aliphatic heterocycles. The highest BCUT2D eigenvalue weighted by atomic mass is 16.5. The number of rotatable bonds is 7. The van der Waals surface area contributed by atoms with Crippen LogP contribution in [-0.2, 0) is 22.8 Å². The number of hydrogen-bond donors (Lipinski definition) is 4. The summed E-state index contributed by atoms with van der Waals surface area (Å²) in [6, 6.07) is 5.77. The molecule has 0 spiro atoms. The highest BCUT2D eigenvalue weighted by Gasteiger charge is 2.27. The zero-order valence-corrected chi connectivity index (χ0v) is 14.9. The monoisotopic (exact) mass is 374 g/mol. The molecule has 2 aromatic rings. The number of esters is 1. The summed E-state index contributed by atoms with van der Waals surface area (Å²) in [7, 11) is 1.27. The fourth-order valence-electron chi connectivity index (χ4n) is 3.20. The molecule has 1 aromatic heterocycles. The predicted molar refractivity (Wildman–Crippen MR) is 97.1 cm³/mol. The molecule has 1 fully saturated rings. The first-order valence-electron chi connectivity index (χ1n) is 8.43. The fourth-order valence-corrected chi connectivity index (χ4v) is 3.20. The van der Waals surface area contributed by atoms with Crippen molar-refractivity contribution in [2.75, 3.05) is 7.11 Å². The molecule has 27 heavy (non-hydrogen) atoms. The lowest BCUT2D eigenvalue weighted by molar-refractivity contribution is -0.132. The predicted octanol–water partition coefficient (Wildman–Crippen LogP) is 0.816. The van der Waals surface area contributed by atoms with Crippen molar-refractivity contribution in [1.82, 2.24) is 9.58 Å². The molecular weight excluding hydrogens is 352 g/mol. The fraction of sp³-hybridized carbons (Fsp3) is 0.333. The Morgan fingerprint density at radius 1 is 1.41 bits per heavy atom. The van der Waals surface area contributed by atoms with Gasteiger partial charge in [-0.1, -0.05) is 12.1 Å². The highest BCUT2D eigenvalue weighted by Crippen LogP contribution is 2.41. The number of aliphatic hydroxyl groups excluding tert-OH is 1. The smallest absolute Gasteiger partial charge is 0.353 e. The maximum Gasteiger partial charge on any atom is 0.353 e. The Hall–Kier alpha value is -3.04. The number of carbonyl (C=O) groups is 2. The van der Waals surface area contributed by atoms with Crippen LogP contribution in [0.3, 0.4) is 0 Å². The third-order valence-corrected chi connectivity index (χ3v) is 4.66. The summed E-state index contributed by atoms with van der Waals surface area (Å²) in [4.78, 5) is 23.3. The number of aliphatic hydroxyl groups is 1. The van der Waals surface area contributed by atoms with Gasteiger partial charge in [0.05, 0.1) is 30.4 Å². The summed E-state index contributed by atoms with van der Waals surface area (Å²) in [6.07, 6.45) is 3.30.